The summed E-state index contributed by atoms with van der Waals surface area (Å²) in [6, 6.07) is 4.44. The Balaban J connectivity index is 2.03. The first-order valence-corrected chi connectivity index (χ1v) is 8.29. The molecule has 164 valence electrons. The zero-order valence-corrected chi connectivity index (χ0v) is 15.6. The number of benzene rings is 2. The Morgan fingerprint density at radius 3 is 2.23 bits per heavy atom. The van der Waals surface area contributed by atoms with Crippen LogP contribution >= 0.6 is 0 Å². The van der Waals surface area contributed by atoms with E-state index >= 15 is 0 Å². The Labute approximate surface area is 171 Å². The Hall–Kier alpha value is -3.35. The van der Waals surface area contributed by atoms with Gasteiger partial charge in [0, 0.05) is 6.07 Å². The lowest BCUT2D eigenvalue weighted by Crippen LogP contribution is -2.36. The number of alkyl halides is 5. The molecule has 0 aliphatic carbocycles. The van der Waals surface area contributed by atoms with Crippen LogP contribution in [0.3, 0.4) is 0 Å². The van der Waals surface area contributed by atoms with Crippen molar-refractivity contribution in [2.24, 2.45) is 0 Å². The number of aromatic carboxylic acids is 1. The predicted octanol–water partition coefficient (Wildman–Crippen LogP) is 1.65. The standard InChI is InChI=1S/C16H11B2F5O8/c17-14(18,26)29-10-5-6(28-15(19,20)21)1-2-7(10)27-8-3-4-9-12(11(8)13(24)25)31-16(22,23)30-9/h1-5,26H,17-18H2,(H,24,25). The fourth-order valence-corrected chi connectivity index (χ4v) is 2.52. The number of carbonyl (C=O) groups is 1. The van der Waals surface area contributed by atoms with Gasteiger partial charge < -0.3 is 33.9 Å². The third-order valence-corrected chi connectivity index (χ3v) is 3.48. The van der Waals surface area contributed by atoms with Crippen molar-refractivity contribution in [3.05, 3.63) is 35.9 Å². The number of fused-ring (bicyclic) bond motifs is 1. The largest absolute Gasteiger partial charge is 0.586 e. The number of halogens is 5. The van der Waals surface area contributed by atoms with E-state index in [2.05, 4.69) is 14.2 Å². The molecule has 1 aliphatic heterocycles. The van der Waals surface area contributed by atoms with Gasteiger partial charge in [-0.25, -0.2) is 4.79 Å². The van der Waals surface area contributed by atoms with Gasteiger partial charge in [-0.05, 0) is 24.3 Å². The number of rotatable bonds is 6. The quantitative estimate of drug-likeness (QED) is 0.391. The highest BCUT2D eigenvalue weighted by atomic mass is 19.4. The monoisotopic (exact) mass is 448 g/mol. The number of hydrogen-bond acceptors (Lipinski definition) is 7. The summed E-state index contributed by atoms with van der Waals surface area (Å²) in [6.45, 7) is 0. The molecular formula is C16H11B2F5O8. The molecule has 0 unspecified atom stereocenters. The van der Waals surface area contributed by atoms with E-state index in [-0.39, 0.29) is 5.75 Å². The second-order valence-corrected chi connectivity index (χ2v) is 6.55. The van der Waals surface area contributed by atoms with Crippen molar-refractivity contribution in [3.63, 3.8) is 0 Å². The van der Waals surface area contributed by atoms with Crippen molar-refractivity contribution in [1.29, 1.82) is 0 Å². The minimum absolute atomic E-state index is 0.357. The van der Waals surface area contributed by atoms with Crippen LogP contribution in [0.4, 0.5) is 22.0 Å². The fourth-order valence-electron chi connectivity index (χ4n) is 2.52. The second-order valence-electron chi connectivity index (χ2n) is 6.55. The summed E-state index contributed by atoms with van der Waals surface area (Å²) in [7, 11) is 2.33. The smallest absolute Gasteiger partial charge is 0.477 e. The van der Waals surface area contributed by atoms with Crippen molar-refractivity contribution in [1.82, 2.24) is 0 Å². The zero-order chi connectivity index (χ0) is 23.2. The minimum Gasteiger partial charge on any atom is -0.477 e. The number of carboxylic acid groups (broad SMARTS) is 1. The van der Waals surface area contributed by atoms with Gasteiger partial charge in [-0.3, -0.25) is 0 Å². The van der Waals surface area contributed by atoms with Crippen molar-refractivity contribution in [3.8, 4) is 34.5 Å². The van der Waals surface area contributed by atoms with E-state index in [1.54, 1.807) is 0 Å². The van der Waals surface area contributed by atoms with Crippen molar-refractivity contribution >= 4 is 21.7 Å². The molecule has 2 N–H and O–H groups in total. The van der Waals surface area contributed by atoms with Crippen LogP contribution in [0.15, 0.2) is 30.3 Å². The predicted molar refractivity (Wildman–Crippen MR) is 95.5 cm³/mol. The van der Waals surface area contributed by atoms with Crippen LogP contribution in [0.1, 0.15) is 10.4 Å². The van der Waals surface area contributed by atoms with Crippen LogP contribution < -0.4 is 23.7 Å². The summed E-state index contributed by atoms with van der Waals surface area (Å²) in [5, 5.41) is 19.3. The molecule has 0 amide bonds. The van der Waals surface area contributed by atoms with Crippen molar-refractivity contribution < 1.29 is 60.6 Å². The molecule has 1 heterocycles. The van der Waals surface area contributed by atoms with Crippen LogP contribution in [-0.2, 0) is 0 Å². The van der Waals surface area contributed by atoms with Crippen LogP contribution in [0.25, 0.3) is 0 Å². The molecule has 0 saturated heterocycles. The lowest BCUT2D eigenvalue weighted by atomic mass is 9.76. The first-order valence-electron chi connectivity index (χ1n) is 8.29. The molecule has 2 aromatic carbocycles. The zero-order valence-electron chi connectivity index (χ0n) is 15.6. The van der Waals surface area contributed by atoms with Gasteiger partial charge >= 0.3 is 18.6 Å². The average Bonchev–Trinajstić information content (AvgIpc) is 2.87. The molecule has 3 rings (SSSR count). The number of aliphatic hydroxyl groups is 1. The molecule has 0 spiro atoms. The Morgan fingerprint density at radius 1 is 1.00 bits per heavy atom. The number of hydrogen-bond donors (Lipinski definition) is 2. The molecule has 15 heteroatoms. The summed E-state index contributed by atoms with van der Waals surface area (Å²) in [5.41, 5.74) is -2.72. The topological polar surface area (TPSA) is 104 Å². The minimum atomic E-state index is -5.02. The van der Waals surface area contributed by atoms with Crippen LogP contribution in [-0.4, -0.2) is 50.1 Å². The molecule has 1 aliphatic rings. The van der Waals surface area contributed by atoms with Gasteiger partial charge in [0.15, 0.2) is 38.7 Å². The third kappa shape index (κ3) is 5.42. The maximum absolute atomic E-state index is 13.3. The summed E-state index contributed by atoms with van der Waals surface area (Å²) in [6.07, 6.45) is -9.12. The van der Waals surface area contributed by atoms with E-state index in [1.807, 2.05) is 0 Å². The molecule has 0 saturated carbocycles. The molecule has 0 aromatic heterocycles. The third-order valence-electron chi connectivity index (χ3n) is 3.48. The summed E-state index contributed by atoms with van der Waals surface area (Å²) < 4.78 is 86.9. The van der Waals surface area contributed by atoms with E-state index in [1.165, 1.54) is 15.7 Å². The average molecular weight is 448 g/mol. The van der Waals surface area contributed by atoms with E-state index in [9.17, 15) is 37.0 Å². The van der Waals surface area contributed by atoms with Crippen molar-refractivity contribution in [2.75, 3.05) is 0 Å². The summed E-state index contributed by atoms with van der Waals surface area (Å²) in [5.74, 6) is -5.14. The van der Waals surface area contributed by atoms with Crippen LogP contribution in [0, 0.1) is 0 Å². The lowest BCUT2D eigenvalue weighted by molar-refractivity contribution is -0.286. The molecule has 0 radical (unpaired) electrons. The highest BCUT2D eigenvalue weighted by Gasteiger charge is 2.46. The molecule has 0 atom stereocenters. The van der Waals surface area contributed by atoms with E-state index in [0.29, 0.717) is 0 Å². The van der Waals surface area contributed by atoms with E-state index < -0.39 is 58.5 Å². The Kier molecular flexibility index (Phi) is 5.34. The van der Waals surface area contributed by atoms with Gasteiger partial charge in [0.2, 0.25) is 0 Å². The van der Waals surface area contributed by atoms with Gasteiger partial charge in [0.25, 0.3) is 0 Å². The summed E-state index contributed by atoms with van der Waals surface area (Å²) >= 11 is 0. The van der Waals surface area contributed by atoms with E-state index in [4.69, 9.17) is 9.47 Å². The maximum Gasteiger partial charge on any atom is 0.586 e. The highest BCUT2D eigenvalue weighted by Crippen LogP contribution is 2.48. The molecule has 8 nitrogen and oxygen atoms in total. The summed E-state index contributed by atoms with van der Waals surface area (Å²) in [4.78, 5) is 11.6. The van der Waals surface area contributed by atoms with Crippen LogP contribution in [0.2, 0.25) is 0 Å². The molecule has 31 heavy (non-hydrogen) atoms. The Bertz CT molecular complexity index is 1020. The second kappa shape index (κ2) is 7.41. The number of ether oxygens (including phenoxy) is 5. The van der Waals surface area contributed by atoms with Crippen LogP contribution in [0.5, 0.6) is 34.5 Å². The number of carboxylic acids is 1. The van der Waals surface area contributed by atoms with Gasteiger partial charge in [0.05, 0.1) is 0 Å². The first-order chi connectivity index (χ1) is 14.1. The SMILES string of the molecule is BC(B)(O)Oc1cc(OC(F)(F)F)ccc1Oc1ccc2c(c1C(=O)O)OC(F)(F)O2. The Morgan fingerprint density at radius 2 is 1.65 bits per heavy atom. The van der Waals surface area contributed by atoms with Crippen molar-refractivity contribution in [2.45, 2.75) is 18.2 Å². The molecular weight excluding hydrogens is 437 g/mol. The van der Waals surface area contributed by atoms with E-state index in [0.717, 1.165) is 30.3 Å². The fraction of sp³-hybridized carbons (Fsp3) is 0.188. The van der Waals surface area contributed by atoms with Gasteiger partial charge in [-0.2, -0.15) is 0 Å². The molecule has 0 fully saturated rings. The normalized spacial score (nSPS) is 14.8. The highest BCUT2D eigenvalue weighted by molar-refractivity contribution is 6.37. The maximum atomic E-state index is 13.3. The first kappa shape index (κ1) is 22.3. The molecule has 2 aromatic rings. The van der Waals surface area contributed by atoms with Gasteiger partial charge in [-0.1, -0.05) is 0 Å². The van der Waals surface area contributed by atoms with Gasteiger partial charge in [0.1, 0.15) is 22.6 Å². The van der Waals surface area contributed by atoms with Gasteiger partial charge in [-0.15, -0.1) is 22.0 Å². The molecule has 0 bridgehead atoms. The lowest BCUT2D eigenvalue weighted by Gasteiger charge is -2.23.